The second kappa shape index (κ2) is 5.89. The summed E-state index contributed by atoms with van der Waals surface area (Å²) in [5.41, 5.74) is 9.46. The summed E-state index contributed by atoms with van der Waals surface area (Å²) in [6.07, 6.45) is 0. The number of hydrogen-bond acceptors (Lipinski definition) is 4. The van der Waals surface area contributed by atoms with Crippen molar-refractivity contribution < 1.29 is 4.74 Å². The number of rotatable bonds is 4. The average Bonchev–Trinajstić information content (AvgIpc) is 2.43. The van der Waals surface area contributed by atoms with Gasteiger partial charge in [-0.3, -0.25) is 0 Å². The molecule has 0 unspecified atom stereocenters. The minimum atomic E-state index is 0.514. The summed E-state index contributed by atoms with van der Waals surface area (Å²) in [4.78, 5) is 0. The molecule has 0 bridgehead atoms. The fourth-order valence-electron chi connectivity index (χ4n) is 1.83. The predicted octanol–water partition coefficient (Wildman–Crippen LogP) is 3.03. The highest BCUT2D eigenvalue weighted by Crippen LogP contribution is 2.25. The Labute approximate surface area is 112 Å². The number of nitrogens with zero attached hydrogens (tertiary/aromatic N) is 1. The molecule has 0 heterocycles. The lowest BCUT2D eigenvalue weighted by Crippen LogP contribution is -1.99. The molecule has 2 aromatic rings. The topological polar surface area (TPSA) is 71.1 Å². The maximum absolute atomic E-state index is 9.12. The number of nitrogens with one attached hydrogen (secondary N) is 1. The summed E-state index contributed by atoms with van der Waals surface area (Å²) in [5.74, 6) is 0. The van der Waals surface area contributed by atoms with Crippen molar-refractivity contribution in [1.29, 1.82) is 5.26 Å². The molecular weight excluding hydrogens is 238 g/mol. The van der Waals surface area contributed by atoms with Gasteiger partial charge in [-0.05, 0) is 24.3 Å². The third kappa shape index (κ3) is 3.03. The molecule has 0 aliphatic rings. The lowest BCUT2D eigenvalue weighted by Gasteiger charge is -2.12. The Hall–Kier alpha value is -2.51. The number of nitrogen functional groups attached to an aromatic ring is 1. The van der Waals surface area contributed by atoms with Gasteiger partial charge in [-0.15, -0.1) is 0 Å². The molecule has 4 heteroatoms. The molecule has 4 nitrogen and oxygen atoms in total. The normalized spacial score (nSPS) is 9.89. The Kier molecular flexibility index (Phi) is 4.01. The molecular formula is C15H15N3O. The second-order valence-electron chi connectivity index (χ2n) is 4.13. The summed E-state index contributed by atoms with van der Waals surface area (Å²) in [5, 5.41) is 12.4. The zero-order chi connectivity index (χ0) is 13.7. The fraction of sp³-hybridized carbons (Fsp3) is 0.133. The van der Waals surface area contributed by atoms with Gasteiger partial charge in [-0.25, -0.2) is 0 Å². The smallest absolute Gasteiger partial charge is 0.101 e. The first-order chi connectivity index (χ1) is 9.24. The average molecular weight is 253 g/mol. The van der Waals surface area contributed by atoms with Crippen molar-refractivity contribution in [2.24, 2.45) is 0 Å². The number of nitriles is 1. The highest BCUT2D eigenvalue weighted by atomic mass is 16.5. The molecule has 0 saturated carbocycles. The van der Waals surface area contributed by atoms with E-state index in [9.17, 15) is 0 Å². The summed E-state index contributed by atoms with van der Waals surface area (Å²) in [6, 6.07) is 15.2. The molecule has 0 aromatic heterocycles. The van der Waals surface area contributed by atoms with Crippen LogP contribution in [-0.4, -0.2) is 7.11 Å². The van der Waals surface area contributed by atoms with Crippen LogP contribution in [0.25, 0.3) is 0 Å². The van der Waals surface area contributed by atoms with Crippen molar-refractivity contribution in [1.82, 2.24) is 0 Å². The van der Waals surface area contributed by atoms with E-state index in [4.69, 9.17) is 15.7 Å². The zero-order valence-electron chi connectivity index (χ0n) is 10.7. The van der Waals surface area contributed by atoms with Gasteiger partial charge in [0.05, 0.1) is 17.9 Å². The predicted molar refractivity (Wildman–Crippen MR) is 76.0 cm³/mol. The first-order valence-electron chi connectivity index (χ1n) is 5.88. The van der Waals surface area contributed by atoms with Crippen LogP contribution in [0.1, 0.15) is 11.1 Å². The number of anilines is 3. The third-order valence-electron chi connectivity index (χ3n) is 2.75. The van der Waals surface area contributed by atoms with E-state index >= 15 is 0 Å². The van der Waals surface area contributed by atoms with Gasteiger partial charge in [0.1, 0.15) is 6.07 Å². The SMILES string of the molecule is COCc1ccccc1Nc1ccc(N)cc1C#N. The lowest BCUT2D eigenvalue weighted by molar-refractivity contribution is 0.185. The molecule has 0 amide bonds. The van der Waals surface area contributed by atoms with Crippen LogP contribution in [0.3, 0.4) is 0 Å². The molecule has 96 valence electrons. The summed E-state index contributed by atoms with van der Waals surface area (Å²) in [6.45, 7) is 0.514. The first-order valence-corrected chi connectivity index (χ1v) is 5.88. The molecule has 2 aromatic carbocycles. The van der Waals surface area contributed by atoms with Crippen LogP contribution in [0, 0.1) is 11.3 Å². The molecule has 0 fully saturated rings. The summed E-state index contributed by atoms with van der Waals surface area (Å²) < 4.78 is 5.16. The Balaban J connectivity index is 2.34. The van der Waals surface area contributed by atoms with Gasteiger partial charge in [0, 0.05) is 24.0 Å². The van der Waals surface area contributed by atoms with Crippen molar-refractivity contribution in [3.05, 3.63) is 53.6 Å². The number of methoxy groups -OCH3 is 1. The Morgan fingerprint density at radius 2 is 2.00 bits per heavy atom. The molecule has 0 spiro atoms. The van der Waals surface area contributed by atoms with Crippen LogP contribution in [0.4, 0.5) is 17.1 Å². The van der Waals surface area contributed by atoms with Crippen LogP contribution in [-0.2, 0) is 11.3 Å². The van der Waals surface area contributed by atoms with Crippen LogP contribution >= 0.6 is 0 Å². The maximum Gasteiger partial charge on any atom is 0.101 e. The highest BCUT2D eigenvalue weighted by Gasteiger charge is 2.06. The van der Waals surface area contributed by atoms with Crippen molar-refractivity contribution in [3.63, 3.8) is 0 Å². The number of nitrogens with two attached hydrogens (primary N) is 1. The number of benzene rings is 2. The molecule has 3 N–H and O–H groups in total. The van der Waals surface area contributed by atoms with Crippen LogP contribution in [0.15, 0.2) is 42.5 Å². The molecule has 0 aliphatic heterocycles. The van der Waals surface area contributed by atoms with Crippen molar-refractivity contribution in [3.8, 4) is 6.07 Å². The Bertz CT molecular complexity index is 617. The zero-order valence-corrected chi connectivity index (χ0v) is 10.7. The minimum absolute atomic E-state index is 0.514. The monoisotopic (exact) mass is 253 g/mol. The number of ether oxygens (including phenoxy) is 1. The van der Waals surface area contributed by atoms with E-state index in [0.29, 0.717) is 17.9 Å². The fourth-order valence-corrected chi connectivity index (χ4v) is 1.83. The van der Waals surface area contributed by atoms with Crippen molar-refractivity contribution in [2.75, 3.05) is 18.2 Å². The molecule has 19 heavy (non-hydrogen) atoms. The number of hydrogen-bond donors (Lipinski definition) is 2. The Morgan fingerprint density at radius 3 is 2.74 bits per heavy atom. The maximum atomic E-state index is 9.12. The van der Waals surface area contributed by atoms with Gasteiger partial charge in [0.15, 0.2) is 0 Å². The molecule has 0 radical (unpaired) electrons. The van der Waals surface area contributed by atoms with Gasteiger partial charge in [0.25, 0.3) is 0 Å². The van der Waals surface area contributed by atoms with Crippen LogP contribution < -0.4 is 11.1 Å². The quantitative estimate of drug-likeness (QED) is 0.821. The van der Waals surface area contributed by atoms with Crippen molar-refractivity contribution in [2.45, 2.75) is 6.61 Å². The van der Waals surface area contributed by atoms with E-state index in [2.05, 4.69) is 11.4 Å². The Morgan fingerprint density at radius 1 is 1.21 bits per heavy atom. The van der Waals surface area contributed by atoms with E-state index in [-0.39, 0.29) is 0 Å². The van der Waals surface area contributed by atoms with Gasteiger partial charge < -0.3 is 15.8 Å². The summed E-state index contributed by atoms with van der Waals surface area (Å²) >= 11 is 0. The molecule has 0 aliphatic carbocycles. The van der Waals surface area contributed by atoms with Gasteiger partial charge in [0.2, 0.25) is 0 Å². The third-order valence-corrected chi connectivity index (χ3v) is 2.75. The first kappa shape index (κ1) is 12.9. The van der Waals surface area contributed by atoms with Crippen LogP contribution in [0.2, 0.25) is 0 Å². The van der Waals surface area contributed by atoms with Gasteiger partial charge in [-0.2, -0.15) is 5.26 Å². The standard InChI is InChI=1S/C15H15N3O/c1-19-10-11-4-2-3-5-14(11)18-15-7-6-13(17)8-12(15)9-16/h2-8,18H,10,17H2,1H3. The van der Waals surface area contributed by atoms with Gasteiger partial charge >= 0.3 is 0 Å². The van der Waals surface area contributed by atoms with E-state index in [1.54, 1.807) is 25.3 Å². The summed E-state index contributed by atoms with van der Waals surface area (Å²) in [7, 11) is 1.65. The van der Waals surface area contributed by atoms with Gasteiger partial charge in [-0.1, -0.05) is 18.2 Å². The van der Waals surface area contributed by atoms with E-state index in [0.717, 1.165) is 16.9 Å². The van der Waals surface area contributed by atoms with Crippen molar-refractivity contribution >= 4 is 17.1 Å². The molecule has 2 rings (SSSR count). The van der Waals surface area contributed by atoms with E-state index in [1.807, 2.05) is 24.3 Å². The van der Waals surface area contributed by atoms with Crippen LogP contribution in [0.5, 0.6) is 0 Å². The molecule has 0 saturated heterocycles. The van der Waals surface area contributed by atoms with E-state index in [1.165, 1.54) is 0 Å². The highest BCUT2D eigenvalue weighted by molar-refractivity contribution is 5.70. The minimum Gasteiger partial charge on any atom is -0.399 e. The number of para-hydroxylation sites is 1. The van der Waals surface area contributed by atoms with E-state index < -0.39 is 0 Å². The largest absolute Gasteiger partial charge is 0.399 e. The second-order valence-corrected chi connectivity index (χ2v) is 4.13. The molecule has 0 atom stereocenters. The lowest BCUT2D eigenvalue weighted by atomic mass is 10.1.